The van der Waals surface area contributed by atoms with Gasteiger partial charge in [0.25, 0.3) is 5.91 Å². The molecule has 1 aromatic heterocycles. The van der Waals surface area contributed by atoms with Gasteiger partial charge in [0.05, 0.1) is 16.9 Å². The molecule has 1 amide bonds. The molecule has 0 saturated heterocycles. The number of anilines is 2. The molecule has 0 aliphatic rings. The first-order valence-corrected chi connectivity index (χ1v) is 6.59. The van der Waals surface area contributed by atoms with Crippen molar-refractivity contribution in [2.75, 3.05) is 11.1 Å². The van der Waals surface area contributed by atoms with Crippen LogP contribution < -0.4 is 11.1 Å². The number of aromatic carboxylic acids is 1. The van der Waals surface area contributed by atoms with Gasteiger partial charge in [0, 0.05) is 0 Å². The van der Waals surface area contributed by atoms with Gasteiger partial charge in [0.1, 0.15) is 4.88 Å². The highest BCUT2D eigenvalue weighted by atomic mass is 32.1. The van der Waals surface area contributed by atoms with Crippen LogP contribution >= 0.6 is 11.3 Å². The van der Waals surface area contributed by atoms with E-state index < -0.39 is 11.9 Å². The van der Waals surface area contributed by atoms with E-state index in [4.69, 9.17) is 5.73 Å². The van der Waals surface area contributed by atoms with Crippen LogP contribution in [0.15, 0.2) is 18.2 Å². The van der Waals surface area contributed by atoms with Gasteiger partial charge in [-0.05, 0) is 25.5 Å². The summed E-state index contributed by atoms with van der Waals surface area (Å²) in [6.45, 7) is 3.35. The lowest BCUT2D eigenvalue weighted by Gasteiger charge is -2.09. The number of benzene rings is 1. The van der Waals surface area contributed by atoms with Crippen molar-refractivity contribution in [2.45, 2.75) is 13.8 Å². The number of hydrogen-bond donors (Lipinski definition) is 3. The van der Waals surface area contributed by atoms with E-state index >= 15 is 0 Å². The van der Waals surface area contributed by atoms with Crippen LogP contribution in [-0.2, 0) is 0 Å². The van der Waals surface area contributed by atoms with Crippen LogP contribution in [0.3, 0.4) is 0 Å². The second-order valence-electron chi connectivity index (χ2n) is 4.22. The van der Waals surface area contributed by atoms with E-state index in [1.807, 2.05) is 0 Å². The van der Waals surface area contributed by atoms with Crippen LogP contribution in [0.25, 0.3) is 0 Å². The fourth-order valence-electron chi connectivity index (χ4n) is 1.86. The molecule has 6 nitrogen and oxygen atoms in total. The monoisotopic (exact) mass is 291 g/mol. The number of nitrogens with zero attached hydrogens (tertiary/aromatic N) is 1. The number of amides is 1. The predicted octanol–water partition coefficient (Wildman–Crippen LogP) is 2.29. The van der Waals surface area contributed by atoms with Gasteiger partial charge in [0.2, 0.25) is 0 Å². The first kappa shape index (κ1) is 14.0. The molecule has 0 bridgehead atoms. The normalized spacial score (nSPS) is 10.3. The summed E-state index contributed by atoms with van der Waals surface area (Å²) in [5.41, 5.74) is 6.99. The second-order valence-corrected chi connectivity index (χ2v) is 5.25. The maximum atomic E-state index is 12.1. The number of carbonyl (C=O) groups is 2. The number of hydrogen-bond acceptors (Lipinski definition) is 5. The minimum absolute atomic E-state index is 0.0796. The molecule has 0 aliphatic carbocycles. The molecule has 20 heavy (non-hydrogen) atoms. The molecule has 1 heterocycles. The van der Waals surface area contributed by atoms with Crippen LogP contribution in [0.4, 0.5) is 10.8 Å². The maximum absolute atomic E-state index is 12.1. The van der Waals surface area contributed by atoms with E-state index in [1.165, 1.54) is 0 Å². The van der Waals surface area contributed by atoms with Crippen molar-refractivity contribution >= 4 is 34.0 Å². The topological polar surface area (TPSA) is 105 Å². The lowest BCUT2D eigenvalue weighted by molar-refractivity contribution is 0.0697. The minimum Gasteiger partial charge on any atom is -0.478 e. The molecule has 0 spiro atoms. The molecule has 0 unspecified atom stereocenters. The summed E-state index contributed by atoms with van der Waals surface area (Å²) in [4.78, 5) is 27.7. The number of nitrogen functional groups attached to an aromatic ring is 1. The van der Waals surface area contributed by atoms with Crippen molar-refractivity contribution in [1.82, 2.24) is 4.98 Å². The third kappa shape index (κ3) is 2.62. The van der Waals surface area contributed by atoms with Gasteiger partial charge in [0.15, 0.2) is 5.13 Å². The smallest absolute Gasteiger partial charge is 0.338 e. The summed E-state index contributed by atoms with van der Waals surface area (Å²) in [6.07, 6.45) is 0. The SMILES string of the molecule is Cc1cccc(NC(=O)c2sc(N)nc2C)c1C(=O)O. The molecular weight excluding hydrogens is 278 g/mol. The highest BCUT2D eigenvalue weighted by Crippen LogP contribution is 2.24. The number of thiazole rings is 1. The first-order valence-electron chi connectivity index (χ1n) is 5.77. The Morgan fingerprint density at radius 2 is 2.05 bits per heavy atom. The number of nitrogens with one attached hydrogen (secondary N) is 1. The lowest BCUT2D eigenvalue weighted by atomic mass is 10.1. The molecule has 4 N–H and O–H groups in total. The average Bonchev–Trinajstić information content (AvgIpc) is 2.68. The molecule has 7 heteroatoms. The van der Waals surface area contributed by atoms with E-state index in [9.17, 15) is 14.7 Å². The molecule has 2 aromatic rings. The van der Waals surface area contributed by atoms with Gasteiger partial charge in [-0.15, -0.1) is 0 Å². The van der Waals surface area contributed by atoms with E-state index in [2.05, 4.69) is 10.3 Å². The van der Waals surface area contributed by atoms with Crippen molar-refractivity contribution in [3.05, 3.63) is 39.9 Å². The fraction of sp³-hybridized carbons (Fsp3) is 0.154. The average molecular weight is 291 g/mol. The van der Waals surface area contributed by atoms with Crippen molar-refractivity contribution < 1.29 is 14.7 Å². The molecule has 104 valence electrons. The van der Waals surface area contributed by atoms with Crippen molar-refractivity contribution in [2.24, 2.45) is 0 Å². The number of aryl methyl sites for hydroxylation is 2. The Morgan fingerprint density at radius 1 is 1.35 bits per heavy atom. The van der Waals surface area contributed by atoms with Crippen LogP contribution in [-0.4, -0.2) is 22.0 Å². The molecule has 0 radical (unpaired) electrons. The minimum atomic E-state index is -1.08. The van der Waals surface area contributed by atoms with Crippen LogP contribution in [0.1, 0.15) is 31.3 Å². The standard InChI is InChI=1S/C13H13N3O3S/c1-6-4-3-5-8(9(6)12(18)19)16-11(17)10-7(2)15-13(14)20-10/h3-5H,1-2H3,(H2,14,15)(H,16,17)(H,18,19). The third-order valence-corrected chi connectivity index (χ3v) is 3.74. The number of carbonyl (C=O) groups excluding carboxylic acids is 1. The van der Waals surface area contributed by atoms with Gasteiger partial charge >= 0.3 is 5.97 Å². The zero-order chi connectivity index (χ0) is 14.9. The zero-order valence-corrected chi connectivity index (χ0v) is 11.7. The largest absolute Gasteiger partial charge is 0.478 e. The summed E-state index contributed by atoms with van der Waals surface area (Å²) in [6, 6.07) is 4.91. The van der Waals surface area contributed by atoms with E-state index in [0.29, 0.717) is 21.3 Å². The summed E-state index contributed by atoms with van der Waals surface area (Å²) >= 11 is 1.07. The zero-order valence-electron chi connectivity index (χ0n) is 10.9. The Balaban J connectivity index is 2.36. The molecule has 0 aliphatic heterocycles. The molecule has 2 rings (SSSR count). The third-order valence-electron chi connectivity index (χ3n) is 2.75. The van der Waals surface area contributed by atoms with Crippen molar-refractivity contribution in [3.8, 4) is 0 Å². The molecular formula is C13H13N3O3S. The van der Waals surface area contributed by atoms with Crippen LogP contribution in [0, 0.1) is 13.8 Å². The van der Waals surface area contributed by atoms with E-state index in [1.54, 1.807) is 32.0 Å². The quantitative estimate of drug-likeness (QED) is 0.804. The summed E-state index contributed by atoms with van der Waals surface area (Å²) < 4.78 is 0. The maximum Gasteiger partial charge on any atom is 0.338 e. The Kier molecular flexibility index (Phi) is 3.71. The number of carboxylic acids is 1. The van der Waals surface area contributed by atoms with Gasteiger partial charge in [-0.2, -0.15) is 0 Å². The first-order chi connectivity index (χ1) is 9.40. The summed E-state index contributed by atoms with van der Waals surface area (Å²) in [5, 5.41) is 12.1. The Bertz CT molecular complexity index is 694. The number of nitrogens with two attached hydrogens (primary N) is 1. The fourth-order valence-corrected chi connectivity index (χ4v) is 2.59. The van der Waals surface area contributed by atoms with E-state index in [-0.39, 0.29) is 11.3 Å². The summed E-state index contributed by atoms with van der Waals surface area (Å²) in [5.74, 6) is -1.50. The van der Waals surface area contributed by atoms with Crippen molar-refractivity contribution in [3.63, 3.8) is 0 Å². The summed E-state index contributed by atoms with van der Waals surface area (Å²) in [7, 11) is 0. The van der Waals surface area contributed by atoms with Crippen LogP contribution in [0.2, 0.25) is 0 Å². The number of aromatic nitrogens is 1. The number of carboxylic acid groups (broad SMARTS) is 1. The van der Waals surface area contributed by atoms with Gasteiger partial charge < -0.3 is 16.2 Å². The number of rotatable bonds is 3. The van der Waals surface area contributed by atoms with Gasteiger partial charge in [-0.3, -0.25) is 4.79 Å². The highest BCUT2D eigenvalue weighted by Gasteiger charge is 2.18. The Labute approximate surface area is 119 Å². The Morgan fingerprint density at radius 3 is 2.60 bits per heavy atom. The van der Waals surface area contributed by atoms with Gasteiger partial charge in [-0.25, -0.2) is 9.78 Å². The molecule has 1 aromatic carbocycles. The molecule has 0 atom stereocenters. The molecule has 0 saturated carbocycles. The highest BCUT2D eigenvalue weighted by molar-refractivity contribution is 7.17. The van der Waals surface area contributed by atoms with Crippen LogP contribution in [0.5, 0.6) is 0 Å². The predicted molar refractivity (Wildman–Crippen MR) is 77.4 cm³/mol. The van der Waals surface area contributed by atoms with Crippen molar-refractivity contribution in [1.29, 1.82) is 0 Å². The lowest BCUT2D eigenvalue weighted by Crippen LogP contribution is -2.15. The van der Waals surface area contributed by atoms with Gasteiger partial charge in [-0.1, -0.05) is 23.5 Å². The van der Waals surface area contributed by atoms with E-state index in [0.717, 1.165) is 11.3 Å². The molecule has 0 fully saturated rings. The second kappa shape index (κ2) is 5.30. The Hall–Kier alpha value is -2.41.